The second kappa shape index (κ2) is 4.25. The van der Waals surface area contributed by atoms with Crippen LogP contribution in [0.4, 0.5) is 0 Å². The maximum Gasteiger partial charge on any atom is 0.294 e. The Morgan fingerprint density at radius 1 is 1.58 bits per heavy atom. The van der Waals surface area contributed by atoms with Gasteiger partial charge in [-0.15, -0.1) is 10.1 Å². The summed E-state index contributed by atoms with van der Waals surface area (Å²) in [6, 6.07) is 0.208. The first-order valence-electron chi connectivity index (χ1n) is 4.21. The van der Waals surface area contributed by atoms with Crippen LogP contribution in [0.15, 0.2) is 0 Å². The minimum atomic E-state index is -0.736. The molecule has 0 aliphatic heterocycles. The van der Waals surface area contributed by atoms with Crippen molar-refractivity contribution in [2.45, 2.75) is 31.7 Å². The molecule has 0 saturated heterocycles. The lowest BCUT2D eigenvalue weighted by Gasteiger charge is -2.25. The first-order chi connectivity index (χ1) is 5.68. The predicted molar refractivity (Wildman–Crippen MR) is 42.9 cm³/mol. The fraction of sp³-hybridized carbons (Fsp3) is 1.00. The molecule has 2 unspecified atom stereocenters. The second-order valence-electron chi connectivity index (χ2n) is 3.31. The molecule has 2 N–H and O–H groups in total. The standard InChI is InChI=1S/C7H14N2O3/c8-7-3-1-2-6(4-7)5-12-9(10)11/h6-7H,1-5,8H2. The van der Waals surface area contributed by atoms with Crippen LogP contribution >= 0.6 is 0 Å². The molecule has 12 heavy (non-hydrogen) atoms. The van der Waals surface area contributed by atoms with Gasteiger partial charge in [0.2, 0.25) is 0 Å². The Bertz CT molecular complexity index is 163. The van der Waals surface area contributed by atoms with Crippen molar-refractivity contribution in [3.63, 3.8) is 0 Å². The molecule has 0 aromatic rings. The zero-order valence-corrected chi connectivity index (χ0v) is 6.94. The first kappa shape index (κ1) is 9.25. The van der Waals surface area contributed by atoms with Gasteiger partial charge in [-0.05, 0) is 25.2 Å². The molecule has 0 bridgehead atoms. The number of nitrogens with two attached hydrogens (primary N) is 1. The summed E-state index contributed by atoms with van der Waals surface area (Å²) in [4.78, 5) is 14.2. The van der Waals surface area contributed by atoms with Gasteiger partial charge in [0.25, 0.3) is 5.09 Å². The van der Waals surface area contributed by atoms with Crippen molar-refractivity contribution in [3.8, 4) is 0 Å². The Morgan fingerprint density at radius 2 is 2.33 bits per heavy atom. The van der Waals surface area contributed by atoms with Crippen molar-refractivity contribution in [1.82, 2.24) is 0 Å². The van der Waals surface area contributed by atoms with Gasteiger partial charge in [-0.25, -0.2) is 0 Å². The second-order valence-corrected chi connectivity index (χ2v) is 3.31. The molecular weight excluding hydrogens is 160 g/mol. The third-order valence-electron chi connectivity index (χ3n) is 2.24. The van der Waals surface area contributed by atoms with E-state index < -0.39 is 5.09 Å². The van der Waals surface area contributed by atoms with Gasteiger partial charge in [0.1, 0.15) is 0 Å². The van der Waals surface area contributed by atoms with Crippen LogP contribution in [0.3, 0.4) is 0 Å². The number of nitrogens with zero attached hydrogens (tertiary/aromatic N) is 1. The normalized spacial score (nSPS) is 29.8. The minimum Gasteiger partial charge on any atom is -0.328 e. The molecule has 1 aliphatic carbocycles. The van der Waals surface area contributed by atoms with Crippen molar-refractivity contribution in [2.24, 2.45) is 11.7 Å². The molecule has 1 fully saturated rings. The highest BCUT2D eigenvalue weighted by molar-refractivity contribution is 4.74. The first-order valence-corrected chi connectivity index (χ1v) is 4.21. The molecule has 0 aromatic carbocycles. The van der Waals surface area contributed by atoms with Crippen LogP contribution in [-0.4, -0.2) is 17.7 Å². The summed E-state index contributed by atoms with van der Waals surface area (Å²) in [7, 11) is 0. The van der Waals surface area contributed by atoms with Crippen LogP contribution in [0, 0.1) is 16.0 Å². The van der Waals surface area contributed by atoms with Gasteiger partial charge in [-0.2, -0.15) is 0 Å². The lowest BCUT2D eigenvalue weighted by molar-refractivity contribution is -0.759. The molecule has 5 heteroatoms. The SMILES string of the molecule is NC1CCCC(CO[N+](=O)[O-])C1. The summed E-state index contributed by atoms with van der Waals surface area (Å²) in [6.45, 7) is 0.209. The topological polar surface area (TPSA) is 78.4 Å². The fourth-order valence-corrected chi connectivity index (χ4v) is 1.65. The highest BCUT2D eigenvalue weighted by atomic mass is 16.9. The van der Waals surface area contributed by atoms with E-state index in [0.717, 1.165) is 25.7 Å². The maximum absolute atomic E-state index is 9.88. The van der Waals surface area contributed by atoms with Crippen molar-refractivity contribution in [3.05, 3.63) is 10.1 Å². The number of hydrogen-bond acceptors (Lipinski definition) is 4. The summed E-state index contributed by atoms with van der Waals surface area (Å²) >= 11 is 0. The third-order valence-corrected chi connectivity index (χ3v) is 2.24. The van der Waals surface area contributed by atoms with Crippen LogP contribution in [0.2, 0.25) is 0 Å². The summed E-state index contributed by atoms with van der Waals surface area (Å²) in [5, 5.41) is 9.14. The summed E-state index contributed by atoms with van der Waals surface area (Å²) in [5.74, 6) is 0.277. The van der Waals surface area contributed by atoms with Crippen LogP contribution < -0.4 is 5.73 Å². The molecule has 0 heterocycles. The van der Waals surface area contributed by atoms with Gasteiger partial charge in [-0.1, -0.05) is 6.42 Å². The van der Waals surface area contributed by atoms with Gasteiger partial charge in [0.05, 0.1) is 6.61 Å². The zero-order chi connectivity index (χ0) is 8.97. The molecule has 0 amide bonds. The molecule has 1 saturated carbocycles. The van der Waals surface area contributed by atoms with Gasteiger partial charge in [0, 0.05) is 6.04 Å². The van der Waals surface area contributed by atoms with Crippen molar-refractivity contribution in [1.29, 1.82) is 0 Å². The maximum atomic E-state index is 9.88. The highest BCUT2D eigenvalue weighted by Crippen LogP contribution is 2.22. The predicted octanol–water partition coefficient (Wildman–Crippen LogP) is 0.712. The van der Waals surface area contributed by atoms with E-state index in [-0.39, 0.29) is 18.6 Å². The van der Waals surface area contributed by atoms with Gasteiger partial charge in [0.15, 0.2) is 0 Å². The van der Waals surface area contributed by atoms with E-state index in [0.29, 0.717) is 0 Å². The van der Waals surface area contributed by atoms with E-state index in [1.54, 1.807) is 0 Å². The van der Waals surface area contributed by atoms with Crippen molar-refractivity contribution >= 4 is 0 Å². The molecule has 70 valence electrons. The van der Waals surface area contributed by atoms with Crippen molar-refractivity contribution < 1.29 is 9.92 Å². The average molecular weight is 174 g/mol. The Labute approximate surface area is 71.0 Å². The average Bonchev–Trinajstić information content (AvgIpc) is 2.01. The molecule has 1 rings (SSSR count). The minimum absolute atomic E-state index is 0.208. The van der Waals surface area contributed by atoms with Gasteiger partial charge >= 0.3 is 0 Å². The number of hydrogen-bond donors (Lipinski definition) is 1. The number of rotatable bonds is 3. The molecule has 2 atom stereocenters. The van der Waals surface area contributed by atoms with E-state index >= 15 is 0 Å². The summed E-state index contributed by atoms with van der Waals surface area (Å²) in [6.07, 6.45) is 3.96. The lowest BCUT2D eigenvalue weighted by Crippen LogP contribution is -2.30. The Hall–Kier alpha value is -0.840. The van der Waals surface area contributed by atoms with E-state index in [4.69, 9.17) is 5.73 Å². The van der Waals surface area contributed by atoms with Gasteiger partial charge < -0.3 is 10.6 Å². The van der Waals surface area contributed by atoms with Crippen molar-refractivity contribution in [2.75, 3.05) is 6.61 Å². The molecule has 0 radical (unpaired) electrons. The lowest BCUT2D eigenvalue weighted by atomic mass is 9.87. The van der Waals surface area contributed by atoms with E-state index in [9.17, 15) is 10.1 Å². The van der Waals surface area contributed by atoms with Crippen LogP contribution in [-0.2, 0) is 4.84 Å². The molecular formula is C7H14N2O3. The summed E-state index contributed by atoms with van der Waals surface area (Å²) < 4.78 is 0. The van der Waals surface area contributed by atoms with Crippen LogP contribution in [0.5, 0.6) is 0 Å². The Kier molecular flexibility index (Phi) is 3.28. The van der Waals surface area contributed by atoms with Crippen LogP contribution in [0.25, 0.3) is 0 Å². The summed E-state index contributed by atoms with van der Waals surface area (Å²) in [5.41, 5.74) is 5.71. The third kappa shape index (κ3) is 3.04. The van der Waals surface area contributed by atoms with E-state index in [1.807, 2.05) is 0 Å². The Balaban J connectivity index is 2.18. The monoisotopic (exact) mass is 174 g/mol. The molecule has 0 aromatic heterocycles. The highest BCUT2D eigenvalue weighted by Gasteiger charge is 2.19. The largest absolute Gasteiger partial charge is 0.328 e. The van der Waals surface area contributed by atoms with Gasteiger partial charge in [-0.3, -0.25) is 0 Å². The molecule has 0 spiro atoms. The smallest absolute Gasteiger partial charge is 0.294 e. The van der Waals surface area contributed by atoms with Crippen LogP contribution in [0.1, 0.15) is 25.7 Å². The van der Waals surface area contributed by atoms with E-state index in [1.165, 1.54) is 0 Å². The quantitative estimate of drug-likeness (QED) is 0.505. The molecule has 1 aliphatic rings. The molecule has 5 nitrogen and oxygen atoms in total. The van der Waals surface area contributed by atoms with E-state index in [2.05, 4.69) is 4.84 Å². The zero-order valence-electron chi connectivity index (χ0n) is 6.94. The fourth-order valence-electron chi connectivity index (χ4n) is 1.65. The Morgan fingerprint density at radius 3 is 2.92 bits per heavy atom.